The third-order valence-electron chi connectivity index (χ3n) is 3.09. The highest BCUT2D eigenvalue weighted by Crippen LogP contribution is 2.31. The number of carbonyl (C=O) groups excluding carboxylic acids is 1. The molecule has 0 amide bonds. The monoisotopic (exact) mass is 348 g/mol. The molecular formula is C16H16N2O5S. The molecule has 0 bridgehead atoms. The van der Waals surface area contributed by atoms with Gasteiger partial charge in [0.1, 0.15) is 5.69 Å². The van der Waals surface area contributed by atoms with Crippen molar-refractivity contribution in [1.82, 2.24) is 0 Å². The number of benzene rings is 2. The second kappa shape index (κ2) is 7.33. The van der Waals surface area contributed by atoms with Gasteiger partial charge in [0.25, 0.3) is 10.1 Å². The van der Waals surface area contributed by atoms with E-state index in [0.717, 1.165) is 12.0 Å². The van der Waals surface area contributed by atoms with Crippen LogP contribution in [-0.4, -0.2) is 18.9 Å². The SMILES string of the molecule is CCc1ccc(/N=N/c2ccc(S(=O)(=O)O)cc2)c(OC(C)=O)c1. The highest BCUT2D eigenvalue weighted by molar-refractivity contribution is 7.85. The molecule has 24 heavy (non-hydrogen) atoms. The van der Waals surface area contributed by atoms with Crippen molar-refractivity contribution in [1.29, 1.82) is 0 Å². The Kier molecular flexibility index (Phi) is 5.42. The number of ether oxygens (including phenoxy) is 1. The van der Waals surface area contributed by atoms with Crippen LogP contribution in [0, 0.1) is 0 Å². The maximum atomic E-state index is 11.2. The van der Waals surface area contributed by atoms with Gasteiger partial charge in [0, 0.05) is 6.92 Å². The zero-order valence-electron chi connectivity index (χ0n) is 13.1. The topological polar surface area (TPSA) is 105 Å². The van der Waals surface area contributed by atoms with E-state index in [0.29, 0.717) is 17.1 Å². The van der Waals surface area contributed by atoms with Crippen molar-refractivity contribution in [3.8, 4) is 5.75 Å². The predicted octanol–water partition coefficient (Wildman–Crippen LogP) is 3.84. The van der Waals surface area contributed by atoms with Crippen LogP contribution in [0.15, 0.2) is 57.6 Å². The van der Waals surface area contributed by atoms with Crippen LogP contribution in [0.5, 0.6) is 5.75 Å². The van der Waals surface area contributed by atoms with E-state index in [1.165, 1.54) is 31.2 Å². The predicted molar refractivity (Wildman–Crippen MR) is 87.6 cm³/mol. The summed E-state index contributed by atoms with van der Waals surface area (Å²) >= 11 is 0. The standard InChI is InChI=1S/C16H16N2O5S/c1-3-12-4-9-15(16(10-12)23-11(2)19)18-17-13-5-7-14(8-6-13)24(20,21)22/h4-10H,3H2,1-2H3,(H,20,21,22)/b18-17+. The van der Waals surface area contributed by atoms with Gasteiger partial charge in [-0.05, 0) is 48.4 Å². The number of rotatable bonds is 5. The minimum absolute atomic E-state index is 0.227. The van der Waals surface area contributed by atoms with E-state index in [-0.39, 0.29) is 4.90 Å². The largest absolute Gasteiger partial charge is 0.424 e. The minimum atomic E-state index is -4.24. The lowest BCUT2D eigenvalue weighted by molar-refractivity contribution is -0.131. The summed E-state index contributed by atoms with van der Waals surface area (Å²) in [6.07, 6.45) is 0.781. The summed E-state index contributed by atoms with van der Waals surface area (Å²) in [7, 11) is -4.24. The molecule has 0 radical (unpaired) electrons. The first-order valence-corrected chi connectivity index (χ1v) is 8.54. The number of esters is 1. The zero-order valence-corrected chi connectivity index (χ0v) is 13.9. The van der Waals surface area contributed by atoms with Crippen LogP contribution < -0.4 is 4.74 Å². The van der Waals surface area contributed by atoms with Gasteiger partial charge in [-0.2, -0.15) is 13.5 Å². The van der Waals surface area contributed by atoms with Gasteiger partial charge in [-0.3, -0.25) is 9.35 Å². The Morgan fingerprint density at radius 2 is 1.79 bits per heavy atom. The number of aryl methyl sites for hydroxylation is 1. The van der Waals surface area contributed by atoms with E-state index in [1.54, 1.807) is 12.1 Å². The number of nitrogens with zero attached hydrogens (tertiary/aromatic N) is 2. The molecule has 7 nitrogen and oxygen atoms in total. The van der Waals surface area contributed by atoms with E-state index in [1.807, 2.05) is 13.0 Å². The Hall–Kier alpha value is -2.58. The van der Waals surface area contributed by atoms with Crippen molar-refractivity contribution < 1.29 is 22.5 Å². The molecule has 0 aliphatic carbocycles. The average Bonchev–Trinajstić information content (AvgIpc) is 2.52. The number of hydrogen-bond acceptors (Lipinski definition) is 6. The zero-order chi connectivity index (χ0) is 17.7. The van der Waals surface area contributed by atoms with Crippen LogP contribution in [0.1, 0.15) is 19.4 Å². The van der Waals surface area contributed by atoms with E-state index in [2.05, 4.69) is 10.2 Å². The summed E-state index contributed by atoms with van der Waals surface area (Å²) in [6.45, 7) is 3.28. The normalized spacial score (nSPS) is 11.6. The Bertz CT molecular complexity index is 874. The third-order valence-corrected chi connectivity index (χ3v) is 3.96. The summed E-state index contributed by atoms with van der Waals surface area (Å²) in [4.78, 5) is 11.0. The van der Waals surface area contributed by atoms with Crippen LogP contribution >= 0.6 is 0 Å². The molecule has 0 aromatic heterocycles. The summed E-state index contributed by atoms with van der Waals surface area (Å²) in [6, 6.07) is 10.5. The van der Waals surface area contributed by atoms with E-state index in [9.17, 15) is 13.2 Å². The molecule has 0 fully saturated rings. The van der Waals surface area contributed by atoms with E-state index >= 15 is 0 Å². The van der Waals surface area contributed by atoms with Crippen molar-refractivity contribution in [2.45, 2.75) is 25.2 Å². The third kappa shape index (κ3) is 4.71. The summed E-state index contributed by atoms with van der Waals surface area (Å²) in [5, 5.41) is 8.01. The van der Waals surface area contributed by atoms with E-state index in [4.69, 9.17) is 9.29 Å². The Morgan fingerprint density at radius 1 is 1.12 bits per heavy atom. The Morgan fingerprint density at radius 3 is 2.33 bits per heavy atom. The van der Waals surface area contributed by atoms with Crippen molar-refractivity contribution in [2.75, 3.05) is 0 Å². The number of azo groups is 1. The second-order valence-electron chi connectivity index (χ2n) is 4.92. The fourth-order valence-corrected chi connectivity index (χ4v) is 2.37. The van der Waals surface area contributed by atoms with Crippen LogP contribution in [0.25, 0.3) is 0 Å². The fourth-order valence-electron chi connectivity index (χ4n) is 1.89. The van der Waals surface area contributed by atoms with Crippen LogP contribution in [0.4, 0.5) is 11.4 Å². The lowest BCUT2D eigenvalue weighted by Crippen LogP contribution is -2.01. The fraction of sp³-hybridized carbons (Fsp3) is 0.188. The van der Waals surface area contributed by atoms with Gasteiger partial charge in [-0.25, -0.2) is 0 Å². The van der Waals surface area contributed by atoms with Gasteiger partial charge in [-0.15, -0.1) is 5.11 Å². The van der Waals surface area contributed by atoms with Gasteiger partial charge < -0.3 is 4.74 Å². The molecule has 2 aromatic rings. The molecule has 1 N–H and O–H groups in total. The quantitative estimate of drug-likeness (QED) is 0.382. The first-order chi connectivity index (χ1) is 11.3. The van der Waals surface area contributed by atoms with Crippen LogP contribution in [-0.2, 0) is 21.3 Å². The van der Waals surface area contributed by atoms with Gasteiger partial charge in [0.2, 0.25) is 0 Å². The highest BCUT2D eigenvalue weighted by atomic mass is 32.2. The first kappa shape index (κ1) is 17.8. The van der Waals surface area contributed by atoms with Gasteiger partial charge in [-0.1, -0.05) is 13.0 Å². The lowest BCUT2D eigenvalue weighted by atomic mass is 10.1. The van der Waals surface area contributed by atoms with Crippen LogP contribution in [0.3, 0.4) is 0 Å². The summed E-state index contributed by atoms with van der Waals surface area (Å²) in [5.74, 6) is -0.155. The minimum Gasteiger partial charge on any atom is -0.424 e. The van der Waals surface area contributed by atoms with Crippen LogP contribution in [0.2, 0.25) is 0 Å². The van der Waals surface area contributed by atoms with Gasteiger partial charge in [0.15, 0.2) is 5.75 Å². The van der Waals surface area contributed by atoms with E-state index < -0.39 is 16.1 Å². The summed E-state index contributed by atoms with van der Waals surface area (Å²) < 4.78 is 36.0. The molecule has 2 rings (SSSR count). The maximum Gasteiger partial charge on any atom is 0.308 e. The van der Waals surface area contributed by atoms with Gasteiger partial charge in [0.05, 0.1) is 10.6 Å². The summed E-state index contributed by atoms with van der Waals surface area (Å²) in [5.41, 5.74) is 1.75. The maximum absolute atomic E-state index is 11.2. The van der Waals surface area contributed by atoms with Gasteiger partial charge >= 0.3 is 5.97 Å². The molecule has 0 saturated carbocycles. The molecule has 0 atom stereocenters. The van der Waals surface area contributed by atoms with Crippen molar-refractivity contribution >= 4 is 27.5 Å². The smallest absolute Gasteiger partial charge is 0.308 e. The molecule has 0 unspecified atom stereocenters. The number of carbonyl (C=O) groups is 1. The van der Waals surface area contributed by atoms with Crippen molar-refractivity contribution in [2.24, 2.45) is 10.2 Å². The molecule has 0 spiro atoms. The molecule has 0 heterocycles. The molecule has 0 aliphatic heterocycles. The lowest BCUT2D eigenvalue weighted by Gasteiger charge is -2.06. The average molecular weight is 348 g/mol. The Balaban J connectivity index is 2.29. The highest BCUT2D eigenvalue weighted by Gasteiger charge is 2.09. The molecule has 2 aromatic carbocycles. The molecular weight excluding hydrogens is 332 g/mol. The number of hydrogen-bond donors (Lipinski definition) is 1. The molecule has 8 heteroatoms. The second-order valence-corrected chi connectivity index (χ2v) is 6.34. The molecule has 126 valence electrons. The first-order valence-electron chi connectivity index (χ1n) is 7.10. The van der Waals surface area contributed by atoms with Crippen molar-refractivity contribution in [3.05, 3.63) is 48.0 Å². The Labute approximate surface area is 139 Å². The van der Waals surface area contributed by atoms with Crippen molar-refractivity contribution in [3.63, 3.8) is 0 Å². The molecule has 0 saturated heterocycles. The molecule has 0 aliphatic rings.